The maximum atomic E-state index is 13.6. The fourth-order valence-electron chi connectivity index (χ4n) is 2.74. The standard InChI is InChI=1S/C20H15F2N3O3/c1-25-16-5-3-2-4-15(16)23-20(25)24-19(26)18-9-7-13(28-18)11-27-17-8-6-12(21)10-14(17)22/h2-10H,11H2,1H3,(H,23,24,26). The minimum atomic E-state index is -0.814. The molecule has 0 saturated heterocycles. The Morgan fingerprint density at radius 1 is 1.18 bits per heavy atom. The molecule has 2 aromatic carbocycles. The molecule has 8 heteroatoms. The molecule has 0 aliphatic rings. The van der Waals surface area contributed by atoms with Crippen molar-refractivity contribution in [2.75, 3.05) is 5.32 Å². The van der Waals surface area contributed by atoms with E-state index in [9.17, 15) is 13.6 Å². The van der Waals surface area contributed by atoms with Gasteiger partial charge in [-0.2, -0.15) is 0 Å². The number of carbonyl (C=O) groups is 1. The molecule has 28 heavy (non-hydrogen) atoms. The lowest BCUT2D eigenvalue weighted by molar-refractivity contribution is 0.0991. The van der Waals surface area contributed by atoms with Gasteiger partial charge in [-0.3, -0.25) is 10.1 Å². The van der Waals surface area contributed by atoms with E-state index in [-0.39, 0.29) is 18.1 Å². The molecule has 2 aromatic heterocycles. The first-order chi connectivity index (χ1) is 13.5. The van der Waals surface area contributed by atoms with Crippen LogP contribution in [0.25, 0.3) is 11.0 Å². The van der Waals surface area contributed by atoms with Crippen LogP contribution >= 0.6 is 0 Å². The molecule has 0 aliphatic heterocycles. The van der Waals surface area contributed by atoms with E-state index in [2.05, 4.69) is 10.3 Å². The third-order valence-electron chi connectivity index (χ3n) is 4.16. The van der Waals surface area contributed by atoms with E-state index in [0.717, 1.165) is 23.2 Å². The van der Waals surface area contributed by atoms with E-state index in [1.807, 2.05) is 24.3 Å². The highest BCUT2D eigenvalue weighted by Crippen LogP contribution is 2.21. The van der Waals surface area contributed by atoms with Crippen LogP contribution in [0.15, 0.2) is 59.0 Å². The number of ether oxygens (including phenoxy) is 1. The number of benzene rings is 2. The fourth-order valence-corrected chi connectivity index (χ4v) is 2.74. The van der Waals surface area contributed by atoms with Crippen molar-refractivity contribution >= 4 is 22.9 Å². The van der Waals surface area contributed by atoms with Crippen LogP contribution in [0.5, 0.6) is 5.75 Å². The third-order valence-corrected chi connectivity index (χ3v) is 4.16. The van der Waals surface area contributed by atoms with Crippen LogP contribution in [0.1, 0.15) is 16.3 Å². The van der Waals surface area contributed by atoms with Gasteiger partial charge in [0.05, 0.1) is 11.0 Å². The van der Waals surface area contributed by atoms with Gasteiger partial charge < -0.3 is 13.7 Å². The molecule has 0 spiro atoms. The van der Waals surface area contributed by atoms with Gasteiger partial charge in [-0.1, -0.05) is 12.1 Å². The second kappa shape index (κ2) is 7.15. The Kier molecular flexibility index (Phi) is 4.52. The Morgan fingerprint density at radius 3 is 2.79 bits per heavy atom. The van der Waals surface area contributed by atoms with Crippen LogP contribution in [0, 0.1) is 11.6 Å². The highest BCUT2D eigenvalue weighted by atomic mass is 19.1. The number of fused-ring (bicyclic) bond motifs is 1. The Bertz CT molecular complexity index is 1170. The number of aromatic nitrogens is 2. The number of para-hydroxylation sites is 2. The van der Waals surface area contributed by atoms with Crippen LogP contribution in [0.3, 0.4) is 0 Å². The van der Waals surface area contributed by atoms with Gasteiger partial charge in [-0.15, -0.1) is 0 Å². The summed E-state index contributed by atoms with van der Waals surface area (Å²) < 4.78 is 39.0. The molecule has 6 nitrogen and oxygen atoms in total. The molecule has 142 valence electrons. The van der Waals surface area contributed by atoms with Crippen LogP contribution in [-0.2, 0) is 13.7 Å². The topological polar surface area (TPSA) is 69.3 Å². The van der Waals surface area contributed by atoms with E-state index in [4.69, 9.17) is 9.15 Å². The lowest BCUT2D eigenvalue weighted by Gasteiger charge is -2.05. The number of hydrogen-bond donors (Lipinski definition) is 1. The van der Waals surface area contributed by atoms with Gasteiger partial charge in [0.1, 0.15) is 18.2 Å². The smallest absolute Gasteiger partial charge is 0.293 e. The number of nitrogens with one attached hydrogen (secondary N) is 1. The minimum absolute atomic E-state index is 0.0604. The van der Waals surface area contributed by atoms with Crippen molar-refractivity contribution in [1.82, 2.24) is 9.55 Å². The minimum Gasteiger partial charge on any atom is -0.483 e. The monoisotopic (exact) mass is 383 g/mol. The quantitative estimate of drug-likeness (QED) is 0.559. The van der Waals surface area contributed by atoms with Crippen molar-refractivity contribution in [1.29, 1.82) is 0 Å². The largest absolute Gasteiger partial charge is 0.483 e. The van der Waals surface area contributed by atoms with E-state index >= 15 is 0 Å². The molecule has 0 unspecified atom stereocenters. The number of furan rings is 1. The number of halogens is 2. The fraction of sp³-hybridized carbons (Fsp3) is 0.100. The van der Waals surface area contributed by atoms with Crippen molar-refractivity contribution in [2.24, 2.45) is 7.05 Å². The van der Waals surface area contributed by atoms with Gasteiger partial charge in [-0.25, -0.2) is 13.8 Å². The molecule has 0 fully saturated rings. The molecular formula is C20H15F2N3O3. The van der Waals surface area contributed by atoms with Crippen LogP contribution < -0.4 is 10.1 Å². The lowest BCUT2D eigenvalue weighted by atomic mass is 10.3. The summed E-state index contributed by atoms with van der Waals surface area (Å²) in [4.78, 5) is 16.8. The second-order valence-corrected chi connectivity index (χ2v) is 6.07. The zero-order chi connectivity index (χ0) is 19.7. The average molecular weight is 383 g/mol. The van der Waals surface area contributed by atoms with Gasteiger partial charge in [0.25, 0.3) is 5.91 Å². The number of hydrogen-bond acceptors (Lipinski definition) is 4. The van der Waals surface area contributed by atoms with Gasteiger partial charge in [-0.05, 0) is 36.4 Å². The molecular weight excluding hydrogens is 368 g/mol. The molecule has 0 radical (unpaired) electrons. The van der Waals surface area contributed by atoms with Crippen LogP contribution in [0.4, 0.5) is 14.7 Å². The second-order valence-electron chi connectivity index (χ2n) is 6.07. The Labute approximate surface area is 158 Å². The average Bonchev–Trinajstić information content (AvgIpc) is 3.27. The van der Waals surface area contributed by atoms with E-state index in [1.165, 1.54) is 12.1 Å². The molecule has 1 amide bonds. The summed E-state index contributed by atoms with van der Waals surface area (Å²) in [6.45, 7) is -0.109. The Balaban J connectivity index is 1.44. The highest BCUT2D eigenvalue weighted by molar-refractivity contribution is 6.02. The molecule has 4 aromatic rings. The van der Waals surface area contributed by atoms with Crippen molar-refractivity contribution in [3.63, 3.8) is 0 Å². The Hall–Kier alpha value is -3.68. The normalized spacial score (nSPS) is 11.0. The summed E-state index contributed by atoms with van der Waals surface area (Å²) >= 11 is 0. The molecule has 0 aliphatic carbocycles. The zero-order valence-corrected chi connectivity index (χ0v) is 14.8. The number of anilines is 1. The molecule has 1 N–H and O–H groups in total. The predicted octanol–water partition coefficient (Wildman–Crippen LogP) is 4.28. The summed E-state index contributed by atoms with van der Waals surface area (Å²) in [6.07, 6.45) is 0. The number of nitrogens with zero attached hydrogens (tertiary/aromatic N) is 2. The van der Waals surface area contributed by atoms with Crippen molar-refractivity contribution in [3.8, 4) is 5.75 Å². The summed E-state index contributed by atoms with van der Waals surface area (Å²) in [5.74, 6) is -1.32. The highest BCUT2D eigenvalue weighted by Gasteiger charge is 2.16. The van der Waals surface area contributed by atoms with Crippen molar-refractivity contribution in [3.05, 3.63) is 77.8 Å². The first kappa shape index (κ1) is 17.7. The van der Waals surface area contributed by atoms with E-state index in [0.29, 0.717) is 11.7 Å². The summed E-state index contributed by atoms with van der Waals surface area (Å²) in [5.41, 5.74) is 1.64. The van der Waals surface area contributed by atoms with E-state index in [1.54, 1.807) is 17.7 Å². The van der Waals surface area contributed by atoms with Crippen LogP contribution in [-0.4, -0.2) is 15.5 Å². The summed E-state index contributed by atoms with van der Waals surface area (Å²) in [7, 11) is 1.80. The molecule has 4 rings (SSSR count). The predicted molar refractivity (Wildman–Crippen MR) is 98.1 cm³/mol. The molecule has 0 atom stereocenters. The Morgan fingerprint density at radius 2 is 2.00 bits per heavy atom. The van der Waals surface area contributed by atoms with Crippen LogP contribution in [0.2, 0.25) is 0 Å². The van der Waals surface area contributed by atoms with Crippen molar-refractivity contribution < 1.29 is 22.7 Å². The molecule has 2 heterocycles. The number of aryl methyl sites for hydroxylation is 1. The SMILES string of the molecule is Cn1c(NC(=O)c2ccc(COc3ccc(F)cc3F)o2)nc2ccccc21. The number of amides is 1. The van der Waals surface area contributed by atoms with Gasteiger partial charge in [0.15, 0.2) is 17.3 Å². The third kappa shape index (κ3) is 3.44. The summed E-state index contributed by atoms with van der Waals surface area (Å²) in [5, 5.41) is 2.70. The number of rotatable bonds is 5. The number of imidazole rings is 1. The van der Waals surface area contributed by atoms with Gasteiger partial charge in [0.2, 0.25) is 5.95 Å². The van der Waals surface area contributed by atoms with Crippen molar-refractivity contribution in [2.45, 2.75) is 6.61 Å². The zero-order valence-electron chi connectivity index (χ0n) is 14.8. The summed E-state index contributed by atoms with van der Waals surface area (Å²) in [6, 6.07) is 13.5. The van der Waals surface area contributed by atoms with Gasteiger partial charge >= 0.3 is 0 Å². The first-order valence-corrected chi connectivity index (χ1v) is 8.40. The maximum Gasteiger partial charge on any atom is 0.293 e. The van der Waals surface area contributed by atoms with E-state index < -0.39 is 17.5 Å². The molecule has 0 bridgehead atoms. The maximum absolute atomic E-state index is 13.6. The first-order valence-electron chi connectivity index (χ1n) is 8.40. The van der Waals surface area contributed by atoms with Gasteiger partial charge in [0, 0.05) is 13.1 Å². The number of carbonyl (C=O) groups excluding carboxylic acids is 1. The molecule has 0 saturated carbocycles. The lowest BCUT2D eigenvalue weighted by Crippen LogP contribution is -2.14.